The number of ether oxygens (including phenoxy) is 2. The molecule has 2 N–H and O–H groups in total. The van der Waals surface area contributed by atoms with Crippen LogP contribution in [0.3, 0.4) is 0 Å². The number of rotatable bonds is 12. The summed E-state index contributed by atoms with van der Waals surface area (Å²) >= 11 is 0. The van der Waals surface area contributed by atoms with E-state index in [1.165, 1.54) is 32.2 Å². The standard InChI is InChI=1S/C19H40N4O2.HI/c1-5-6-12-24-14-15-25-13-10-21-19(20-4)22-16-18(3)23-11-8-7-9-17(23)2;/h17-18H,5-16H2,1-4H3,(H2,20,21,22);1H. The van der Waals surface area contributed by atoms with Crippen LogP contribution in [0.5, 0.6) is 0 Å². The summed E-state index contributed by atoms with van der Waals surface area (Å²) in [6.07, 6.45) is 6.30. The number of hydrogen-bond donors (Lipinski definition) is 2. The molecule has 1 aliphatic rings. The minimum atomic E-state index is 0. The molecule has 0 bridgehead atoms. The van der Waals surface area contributed by atoms with Crippen molar-refractivity contribution in [2.75, 3.05) is 53.1 Å². The fraction of sp³-hybridized carbons (Fsp3) is 0.947. The van der Waals surface area contributed by atoms with E-state index in [1.54, 1.807) is 0 Å². The summed E-state index contributed by atoms with van der Waals surface area (Å²) in [7, 11) is 1.81. The van der Waals surface area contributed by atoms with Crippen molar-refractivity contribution < 1.29 is 9.47 Å². The summed E-state index contributed by atoms with van der Waals surface area (Å²) in [4.78, 5) is 6.89. The molecule has 156 valence electrons. The molecule has 2 unspecified atom stereocenters. The SMILES string of the molecule is CCCCOCCOCCNC(=NC)NCC(C)N1CCCCC1C.I. The molecular weight excluding hydrogens is 443 g/mol. The van der Waals surface area contributed by atoms with E-state index in [1.807, 2.05) is 7.05 Å². The minimum absolute atomic E-state index is 0. The van der Waals surface area contributed by atoms with Crippen LogP contribution < -0.4 is 10.6 Å². The van der Waals surface area contributed by atoms with Crippen molar-refractivity contribution in [1.29, 1.82) is 0 Å². The molecule has 2 atom stereocenters. The zero-order chi connectivity index (χ0) is 18.3. The molecule has 0 spiro atoms. The lowest BCUT2D eigenvalue weighted by Crippen LogP contribution is -2.50. The van der Waals surface area contributed by atoms with Crippen LogP contribution in [0.2, 0.25) is 0 Å². The van der Waals surface area contributed by atoms with Crippen LogP contribution in [-0.2, 0) is 9.47 Å². The molecule has 1 aliphatic heterocycles. The number of aliphatic imine (C=N–C) groups is 1. The highest BCUT2D eigenvalue weighted by atomic mass is 127. The largest absolute Gasteiger partial charge is 0.379 e. The number of hydrogen-bond acceptors (Lipinski definition) is 4. The molecule has 6 nitrogen and oxygen atoms in total. The monoisotopic (exact) mass is 484 g/mol. The van der Waals surface area contributed by atoms with E-state index in [-0.39, 0.29) is 24.0 Å². The minimum Gasteiger partial charge on any atom is -0.379 e. The van der Waals surface area contributed by atoms with E-state index in [2.05, 4.69) is 41.3 Å². The molecule has 0 aromatic rings. The Morgan fingerprint density at radius 3 is 2.54 bits per heavy atom. The van der Waals surface area contributed by atoms with Crippen LogP contribution in [0.25, 0.3) is 0 Å². The van der Waals surface area contributed by atoms with Crippen molar-refractivity contribution in [2.45, 2.75) is 65.0 Å². The number of nitrogens with zero attached hydrogens (tertiary/aromatic N) is 2. The van der Waals surface area contributed by atoms with Gasteiger partial charge < -0.3 is 20.1 Å². The molecule has 1 fully saturated rings. The topological polar surface area (TPSA) is 58.1 Å². The summed E-state index contributed by atoms with van der Waals surface area (Å²) in [6.45, 7) is 12.5. The van der Waals surface area contributed by atoms with Crippen LogP contribution in [-0.4, -0.2) is 76.1 Å². The van der Waals surface area contributed by atoms with Gasteiger partial charge in [-0.05, 0) is 39.7 Å². The van der Waals surface area contributed by atoms with Gasteiger partial charge >= 0.3 is 0 Å². The Bertz CT molecular complexity index is 358. The van der Waals surface area contributed by atoms with Gasteiger partial charge in [0.05, 0.1) is 19.8 Å². The van der Waals surface area contributed by atoms with Crippen LogP contribution in [0, 0.1) is 0 Å². The van der Waals surface area contributed by atoms with Gasteiger partial charge in [0.2, 0.25) is 0 Å². The van der Waals surface area contributed by atoms with Crippen molar-refractivity contribution in [3.05, 3.63) is 0 Å². The van der Waals surface area contributed by atoms with Crippen LogP contribution >= 0.6 is 24.0 Å². The molecule has 0 aromatic carbocycles. The molecule has 26 heavy (non-hydrogen) atoms. The van der Waals surface area contributed by atoms with Crippen molar-refractivity contribution >= 4 is 29.9 Å². The van der Waals surface area contributed by atoms with E-state index < -0.39 is 0 Å². The molecule has 0 aromatic heterocycles. The maximum absolute atomic E-state index is 5.57. The van der Waals surface area contributed by atoms with Crippen molar-refractivity contribution in [1.82, 2.24) is 15.5 Å². The predicted molar refractivity (Wildman–Crippen MR) is 121 cm³/mol. The highest BCUT2D eigenvalue weighted by Crippen LogP contribution is 2.18. The van der Waals surface area contributed by atoms with E-state index in [0.717, 1.165) is 32.1 Å². The Balaban J connectivity index is 0.00000625. The third kappa shape index (κ3) is 11.6. The highest BCUT2D eigenvalue weighted by Gasteiger charge is 2.22. The first kappa shape index (κ1) is 25.9. The van der Waals surface area contributed by atoms with E-state index in [9.17, 15) is 0 Å². The van der Waals surface area contributed by atoms with Gasteiger partial charge in [0.25, 0.3) is 0 Å². The lowest BCUT2D eigenvalue weighted by Gasteiger charge is -2.38. The summed E-state index contributed by atoms with van der Waals surface area (Å²) in [5.41, 5.74) is 0. The summed E-state index contributed by atoms with van der Waals surface area (Å²) < 4.78 is 11.0. The Morgan fingerprint density at radius 1 is 1.15 bits per heavy atom. The first-order chi connectivity index (χ1) is 12.2. The van der Waals surface area contributed by atoms with Gasteiger partial charge in [-0.3, -0.25) is 9.89 Å². The third-order valence-corrected chi connectivity index (χ3v) is 4.76. The number of guanidine groups is 1. The van der Waals surface area contributed by atoms with Crippen molar-refractivity contribution in [2.24, 2.45) is 4.99 Å². The molecule has 0 aliphatic carbocycles. The van der Waals surface area contributed by atoms with Gasteiger partial charge in [0.1, 0.15) is 0 Å². The number of halogens is 1. The molecule has 0 amide bonds. The second-order valence-corrected chi connectivity index (χ2v) is 6.89. The number of unbranched alkanes of at least 4 members (excludes halogenated alkanes) is 1. The summed E-state index contributed by atoms with van der Waals surface area (Å²) in [6, 6.07) is 1.21. The summed E-state index contributed by atoms with van der Waals surface area (Å²) in [5, 5.41) is 6.73. The van der Waals surface area contributed by atoms with Crippen LogP contribution in [0.4, 0.5) is 0 Å². The fourth-order valence-corrected chi connectivity index (χ4v) is 3.17. The Hall–Kier alpha value is -0.120. The van der Waals surface area contributed by atoms with E-state index in [4.69, 9.17) is 9.47 Å². The van der Waals surface area contributed by atoms with E-state index >= 15 is 0 Å². The van der Waals surface area contributed by atoms with Crippen molar-refractivity contribution in [3.8, 4) is 0 Å². The van der Waals surface area contributed by atoms with Gasteiger partial charge in [-0.25, -0.2) is 0 Å². The number of nitrogens with one attached hydrogen (secondary N) is 2. The molecule has 0 saturated carbocycles. The van der Waals surface area contributed by atoms with Gasteiger partial charge in [0.15, 0.2) is 5.96 Å². The third-order valence-electron chi connectivity index (χ3n) is 4.76. The van der Waals surface area contributed by atoms with Gasteiger partial charge in [-0.15, -0.1) is 24.0 Å². The molecule has 7 heteroatoms. The number of piperidine rings is 1. The molecule has 1 rings (SSSR count). The first-order valence-electron chi connectivity index (χ1n) is 10.0. The maximum atomic E-state index is 5.57. The second kappa shape index (κ2) is 17.0. The average molecular weight is 484 g/mol. The normalized spacial score (nSPS) is 19.7. The first-order valence-corrected chi connectivity index (χ1v) is 10.0. The Morgan fingerprint density at radius 2 is 1.88 bits per heavy atom. The lowest BCUT2D eigenvalue weighted by atomic mass is 10.0. The highest BCUT2D eigenvalue weighted by molar-refractivity contribution is 14.0. The zero-order valence-corrected chi connectivity index (χ0v) is 19.6. The van der Waals surface area contributed by atoms with Gasteiger partial charge in [-0.2, -0.15) is 0 Å². The Labute approximate surface area is 177 Å². The number of likely N-dealkylation sites (tertiary alicyclic amines) is 1. The van der Waals surface area contributed by atoms with E-state index in [0.29, 0.717) is 31.9 Å². The van der Waals surface area contributed by atoms with Gasteiger partial charge in [0, 0.05) is 38.8 Å². The van der Waals surface area contributed by atoms with Gasteiger partial charge in [-0.1, -0.05) is 19.8 Å². The van der Waals surface area contributed by atoms with Crippen molar-refractivity contribution in [3.63, 3.8) is 0 Å². The van der Waals surface area contributed by atoms with Crippen LogP contribution in [0.15, 0.2) is 4.99 Å². The quantitative estimate of drug-likeness (QED) is 0.193. The lowest BCUT2D eigenvalue weighted by molar-refractivity contribution is 0.0487. The smallest absolute Gasteiger partial charge is 0.191 e. The molecular formula is C19H41IN4O2. The molecule has 1 heterocycles. The average Bonchev–Trinajstić information content (AvgIpc) is 2.63. The van der Waals surface area contributed by atoms with Crippen LogP contribution in [0.1, 0.15) is 52.9 Å². The predicted octanol–water partition coefficient (Wildman–Crippen LogP) is 2.87. The maximum Gasteiger partial charge on any atom is 0.191 e. The molecule has 1 saturated heterocycles. The summed E-state index contributed by atoms with van der Waals surface area (Å²) in [5.74, 6) is 0.847. The molecule has 0 radical (unpaired) electrons. The fourth-order valence-electron chi connectivity index (χ4n) is 3.17. The second-order valence-electron chi connectivity index (χ2n) is 6.89. The Kier molecular flexibility index (Phi) is 16.9. The zero-order valence-electron chi connectivity index (χ0n) is 17.3.